The minimum atomic E-state index is -3.27. The first kappa shape index (κ1) is 16.0. The van der Waals surface area contributed by atoms with E-state index in [4.69, 9.17) is 5.26 Å². The number of rotatable bonds is 4. The Kier molecular flexibility index (Phi) is 4.70. The molecule has 1 aliphatic rings. The van der Waals surface area contributed by atoms with Gasteiger partial charge in [-0.15, -0.1) is 0 Å². The zero-order valence-electron chi connectivity index (χ0n) is 12.7. The number of nitriles is 1. The SMILES string of the molecule is CC1(C)CCCN(CCS(=O)(=O)c2ccc(C#N)cc2)C1. The second kappa shape index (κ2) is 6.17. The lowest BCUT2D eigenvalue weighted by Crippen LogP contribution is -2.42. The van der Waals surface area contributed by atoms with Crippen LogP contribution in [0.25, 0.3) is 0 Å². The summed E-state index contributed by atoms with van der Waals surface area (Å²) in [5.74, 6) is 0.134. The van der Waals surface area contributed by atoms with E-state index in [0.29, 0.717) is 17.0 Å². The molecular weight excluding hydrogens is 284 g/mol. The van der Waals surface area contributed by atoms with E-state index < -0.39 is 9.84 Å². The van der Waals surface area contributed by atoms with Crippen molar-refractivity contribution < 1.29 is 8.42 Å². The zero-order chi connectivity index (χ0) is 15.5. The first-order valence-corrected chi connectivity index (χ1v) is 8.93. The minimum absolute atomic E-state index is 0.134. The number of likely N-dealkylation sites (tertiary alicyclic amines) is 1. The van der Waals surface area contributed by atoms with Gasteiger partial charge in [-0.1, -0.05) is 13.8 Å². The van der Waals surface area contributed by atoms with E-state index in [1.54, 1.807) is 12.1 Å². The van der Waals surface area contributed by atoms with Crippen LogP contribution >= 0.6 is 0 Å². The molecule has 0 bridgehead atoms. The van der Waals surface area contributed by atoms with E-state index in [2.05, 4.69) is 18.7 Å². The molecule has 1 aliphatic heterocycles. The summed E-state index contributed by atoms with van der Waals surface area (Å²) in [5.41, 5.74) is 0.753. The standard InChI is InChI=1S/C16H22N2O2S/c1-16(2)8-3-9-18(13-16)10-11-21(19,20)15-6-4-14(12-17)5-7-15/h4-7H,3,8-11,13H2,1-2H3. The van der Waals surface area contributed by atoms with Crippen LogP contribution in [0.2, 0.25) is 0 Å². The summed E-state index contributed by atoms with van der Waals surface area (Å²) in [6.07, 6.45) is 2.33. The molecular formula is C16H22N2O2S. The summed E-state index contributed by atoms with van der Waals surface area (Å²) in [4.78, 5) is 2.54. The lowest BCUT2D eigenvalue weighted by Gasteiger charge is -2.37. The highest BCUT2D eigenvalue weighted by molar-refractivity contribution is 7.91. The van der Waals surface area contributed by atoms with Crippen LogP contribution < -0.4 is 0 Å². The van der Waals surface area contributed by atoms with Gasteiger partial charge in [0.2, 0.25) is 0 Å². The Morgan fingerprint density at radius 3 is 2.52 bits per heavy atom. The maximum atomic E-state index is 12.3. The molecule has 0 aromatic heterocycles. The number of hydrogen-bond donors (Lipinski definition) is 0. The molecule has 0 unspecified atom stereocenters. The smallest absolute Gasteiger partial charge is 0.179 e. The fourth-order valence-electron chi connectivity index (χ4n) is 2.84. The first-order chi connectivity index (χ1) is 9.82. The van der Waals surface area contributed by atoms with Gasteiger partial charge in [0.15, 0.2) is 9.84 Å². The van der Waals surface area contributed by atoms with Gasteiger partial charge in [-0.2, -0.15) is 5.26 Å². The highest BCUT2D eigenvalue weighted by Crippen LogP contribution is 2.28. The van der Waals surface area contributed by atoms with Gasteiger partial charge in [-0.3, -0.25) is 0 Å². The second-order valence-corrected chi connectivity index (χ2v) is 8.61. The highest BCUT2D eigenvalue weighted by atomic mass is 32.2. The van der Waals surface area contributed by atoms with E-state index in [-0.39, 0.29) is 11.2 Å². The first-order valence-electron chi connectivity index (χ1n) is 7.28. The van der Waals surface area contributed by atoms with E-state index >= 15 is 0 Å². The zero-order valence-corrected chi connectivity index (χ0v) is 13.5. The quantitative estimate of drug-likeness (QED) is 0.857. The number of nitrogens with zero attached hydrogens (tertiary/aromatic N) is 2. The van der Waals surface area contributed by atoms with Crippen LogP contribution in [0.4, 0.5) is 0 Å². The predicted molar refractivity (Wildman–Crippen MR) is 82.7 cm³/mol. The molecule has 0 radical (unpaired) electrons. The minimum Gasteiger partial charge on any atom is -0.302 e. The number of sulfone groups is 1. The molecule has 1 aromatic rings. The van der Waals surface area contributed by atoms with Gasteiger partial charge < -0.3 is 4.90 Å². The summed E-state index contributed by atoms with van der Waals surface area (Å²) < 4.78 is 24.7. The van der Waals surface area contributed by atoms with Crippen LogP contribution in [0.15, 0.2) is 29.2 Å². The van der Waals surface area contributed by atoms with Crippen molar-refractivity contribution >= 4 is 9.84 Å². The van der Waals surface area contributed by atoms with E-state index in [0.717, 1.165) is 19.5 Å². The Balaban J connectivity index is 1.99. The van der Waals surface area contributed by atoms with Gasteiger partial charge in [-0.05, 0) is 49.1 Å². The van der Waals surface area contributed by atoms with Crippen molar-refractivity contribution in [3.8, 4) is 6.07 Å². The molecule has 114 valence electrons. The molecule has 1 saturated heterocycles. The average Bonchev–Trinajstić information content (AvgIpc) is 2.44. The van der Waals surface area contributed by atoms with Crippen LogP contribution in [0.1, 0.15) is 32.3 Å². The summed E-state index contributed by atoms with van der Waals surface area (Å²) >= 11 is 0. The summed E-state index contributed by atoms with van der Waals surface area (Å²) in [7, 11) is -3.27. The van der Waals surface area contributed by atoms with Gasteiger partial charge >= 0.3 is 0 Å². The van der Waals surface area contributed by atoms with Crippen LogP contribution in [0, 0.1) is 16.7 Å². The van der Waals surface area contributed by atoms with Crippen molar-refractivity contribution in [1.29, 1.82) is 5.26 Å². The number of piperidine rings is 1. The van der Waals surface area contributed by atoms with Crippen molar-refractivity contribution in [2.75, 3.05) is 25.4 Å². The fourth-order valence-corrected chi connectivity index (χ4v) is 4.12. The Hall–Kier alpha value is -1.38. The maximum Gasteiger partial charge on any atom is 0.179 e. The largest absolute Gasteiger partial charge is 0.302 e. The Labute approximate surface area is 127 Å². The van der Waals surface area contributed by atoms with Gasteiger partial charge in [0.25, 0.3) is 0 Å². The number of benzene rings is 1. The molecule has 0 atom stereocenters. The summed E-state index contributed by atoms with van der Waals surface area (Å²) in [5, 5.41) is 8.75. The molecule has 0 N–H and O–H groups in total. The molecule has 1 aromatic carbocycles. The van der Waals surface area contributed by atoms with Crippen molar-refractivity contribution in [3.05, 3.63) is 29.8 Å². The fraction of sp³-hybridized carbons (Fsp3) is 0.562. The van der Waals surface area contributed by atoms with Crippen molar-refractivity contribution in [3.63, 3.8) is 0 Å². The van der Waals surface area contributed by atoms with Crippen molar-refractivity contribution in [2.24, 2.45) is 5.41 Å². The lowest BCUT2D eigenvalue weighted by atomic mass is 9.84. The van der Waals surface area contributed by atoms with Crippen molar-refractivity contribution in [1.82, 2.24) is 4.90 Å². The molecule has 21 heavy (non-hydrogen) atoms. The number of hydrogen-bond acceptors (Lipinski definition) is 4. The summed E-state index contributed by atoms with van der Waals surface area (Å²) in [6, 6.07) is 8.14. The molecule has 2 rings (SSSR count). The van der Waals surface area contributed by atoms with E-state index in [1.165, 1.54) is 18.6 Å². The van der Waals surface area contributed by atoms with Crippen LogP contribution in [-0.2, 0) is 9.84 Å². The second-order valence-electron chi connectivity index (χ2n) is 6.50. The van der Waals surface area contributed by atoms with Crippen LogP contribution in [0.5, 0.6) is 0 Å². The highest BCUT2D eigenvalue weighted by Gasteiger charge is 2.27. The molecule has 0 saturated carbocycles. The molecule has 4 nitrogen and oxygen atoms in total. The average molecular weight is 306 g/mol. The van der Waals surface area contributed by atoms with Crippen LogP contribution in [-0.4, -0.2) is 38.7 Å². The predicted octanol–water partition coefficient (Wildman–Crippen LogP) is 2.45. The normalized spacial score (nSPS) is 19.1. The Morgan fingerprint density at radius 1 is 1.29 bits per heavy atom. The van der Waals surface area contributed by atoms with E-state index in [9.17, 15) is 8.42 Å². The molecule has 1 fully saturated rings. The monoisotopic (exact) mass is 306 g/mol. The van der Waals surface area contributed by atoms with E-state index in [1.807, 2.05) is 6.07 Å². The molecule has 1 heterocycles. The third-order valence-electron chi connectivity index (χ3n) is 4.00. The molecule has 0 aliphatic carbocycles. The molecule has 5 heteroatoms. The Morgan fingerprint density at radius 2 is 1.95 bits per heavy atom. The Bertz CT molecular complexity index is 627. The lowest BCUT2D eigenvalue weighted by molar-refractivity contribution is 0.124. The summed E-state index contributed by atoms with van der Waals surface area (Å²) in [6.45, 7) is 6.97. The third kappa shape index (κ3) is 4.29. The van der Waals surface area contributed by atoms with Gasteiger partial charge in [0, 0.05) is 13.1 Å². The van der Waals surface area contributed by atoms with Crippen LogP contribution in [0.3, 0.4) is 0 Å². The molecule has 0 amide bonds. The van der Waals surface area contributed by atoms with Gasteiger partial charge in [0.1, 0.15) is 0 Å². The van der Waals surface area contributed by atoms with Crippen molar-refractivity contribution in [2.45, 2.75) is 31.6 Å². The van der Waals surface area contributed by atoms with Gasteiger partial charge in [0.05, 0.1) is 22.3 Å². The van der Waals surface area contributed by atoms with Gasteiger partial charge in [-0.25, -0.2) is 8.42 Å². The maximum absolute atomic E-state index is 12.3. The third-order valence-corrected chi connectivity index (χ3v) is 5.71. The topological polar surface area (TPSA) is 61.2 Å². The molecule has 0 spiro atoms.